The molecule has 3 N–H and O–H groups in total. The number of aromatic nitrogens is 2. The molecular weight excluding hydrogens is 186 g/mol. The maximum Gasteiger partial charge on any atom is 0.198 e. The number of nitrogens with zero attached hydrogens (tertiary/aromatic N) is 1. The molecule has 1 aromatic heterocycles. The van der Waals surface area contributed by atoms with Gasteiger partial charge in [0, 0.05) is 5.39 Å². The lowest BCUT2D eigenvalue weighted by atomic mass is 10.1. The predicted octanol–water partition coefficient (Wildman–Crippen LogP) is 2.61. The van der Waals surface area contributed by atoms with Crippen molar-refractivity contribution in [2.45, 2.75) is 6.92 Å². The molecule has 0 aliphatic heterocycles. The number of aromatic amines is 1. The van der Waals surface area contributed by atoms with Gasteiger partial charge in [0.05, 0.1) is 11.0 Å². The standard InChI is InChI=1S/C12H11N3/c1-7-2-4-9-8(6-7)3-5-10-11(9)15-12(13)14-10/h2-6H,1H3,(H3,13,14,15). The summed E-state index contributed by atoms with van der Waals surface area (Å²) in [5, 5.41) is 2.35. The highest BCUT2D eigenvalue weighted by Crippen LogP contribution is 2.24. The molecule has 0 aliphatic rings. The fourth-order valence-electron chi connectivity index (χ4n) is 1.94. The lowest BCUT2D eigenvalue weighted by Crippen LogP contribution is -1.84. The van der Waals surface area contributed by atoms with E-state index in [1.807, 2.05) is 6.07 Å². The van der Waals surface area contributed by atoms with Crippen molar-refractivity contribution in [3.8, 4) is 0 Å². The zero-order valence-electron chi connectivity index (χ0n) is 8.41. The van der Waals surface area contributed by atoms with Crippen LogP contribution in [0.2, 0.25) is 0 Å². The molecule has 0 radical (unpaired) electrons. The molecule has 74 valence electrons. The number of nitrogen functional groups attached to an aromatic ring is 1. The van der Waals surface area contributed by atoms with Crippen molar-refractivity contribution in [3.05, 3.63) is 35.9 Å². The van der Waals surface area contributed by atoms with E-state index < -0.39 is 0 Å². The third kappa shape index (κ3) is 1.16. The van der Waals surface area contributed by atoms with Crippen molar-refractivity contribution in [2.75, 3.05) is 5.73 Å². The number of benzene rings is 2. The maximum absolute atomic E-state index is 5.64. The summed E-state index contributed by atoms with van der Waals surface area (Å²) in [4.78, 5) is 7.33. The topological polar surface area (TPSA) is 54.7 Å². The second-order valence-corrected chi connectivity index (χ2v) is 3.81. The van der Waals surface area contributed by atoms with Gasteiger partial charge in [-0.2, -0.15) is 0 Å². The molecule has 3 nitrogen and oxygen atoms in total. The van der Waals surface area contributed by atoms with Crippen LogP contribution >= 0.6 is 0 Å². The molecule has 3 aromatic rings. The highest BCUT2D eigenvalue weighted by molar-refractivity contribution is 6.04. The molecule has 1 heterocycles. The summed E-state index contributed by atoms with van der Waals surface area (Å²) in [6, 6.07) is 10.4. The predicted molar refractivity (Wildman–Crippen MR) is 62.7 cm³/mol. The summed E-state index contributed by atoms with van der Waals surface area (Å²) >= 11 is 0. The Morgan fingerprint density at radius 2 is 2.07 bits per heavy atom. The van der Waals surface area contributed by atoms with Gasteiger partial charge in [0.25, 0.3) is 0 Å². The van der Waals surface area contributed by atoms with Gasteiger partial charge in [-0.05, 0) is 18.4 Å². The molecule has 3 heteroatoms. The van der Waals surface area contributed by atoms with Crippen molar-refractivity contribution in [2.24, 2.45) is 0 Å². The fraction of sp³-hybridized carbons (Fsp3) is 0.0833. The van der Waals surface area contributed by atoms with Gasteiger partial charge in [0.1, 0.15) is 0 Å². The average Bonchev–Trinajstić information content (AvgIpc) is 2.58. The molecule has 0 unspecified atom stereocenters. The number of hydrogen-bond donors (Lipinski definition) is 2. The first-order chi connectivity index (χ1) is 7.24. The summed E-state index contributed by atoms with van der Waals surface area (Å²) in [6.07, 6.45) is 0. The highest BCUT2D eigenvalue weighted by Gasteiger charge is 2.04. The number of nitrogens with two attached hydrogens (primary N) is 1. The second kappa shape index (κ2) is 2.73. The summed E-state index contributed by atoms with van der Waals surface area (Å²) < 4.78 is 0. The average molecular weight is 197 g/mol. The van der Waals surface area contributed by atoms with Gasteiger partial charge in [-0.3, -0.25) is 0 Å². The van der Waals surface area contributed by atoms with Crippen LogP contribution in [-0.2, 0) is 0 Å². The first kappa shape index (κ1) is 8.29. The minimum Gasteiger partial charge on any atom is -0.369 e. The van der Waals surface area contributed by atoms with Gasteiger partial charge in [-0.15, -0.1) is 0 Å². The Kier molecular flexibility index (Phi) is 1.51. The summed E-state index contributed by atoms with van der Waals surface area (Å²) in [5.74, 6) is 0.470. The maximum atomic E-state index is 5.64. The van der Waals surface area contributed by atoms with Crippen molar-refractivity contribution in [1.82, 2.24) is 9.97 Å². The largest absolute Gasteiger partial charge is 0.369 e. The van der Waals surface area contributed by atoms with E-state index in [1.165, 1.54) is 10.9 Å². The van der Waals surface area contributed by atoms with Gasteiger partial charge in [0.2, 0.25) is 0 Å². The van der Waals surface area contributed by atoms with Crippen LogP contribution in [0.1, 0.15) is 5.56 Å². The minimum absolute atomic E-state index is 0.470. The number of H-pyrrole nitrogens is 1. The van der Waals surface area contributed by atoms with E-state index in [9.17, 15) is 0 Å². The zero-order valence-corrected chi connectivity index (χ0v) is 8.41. The molecule has 3 rings (SSSR count). The molecule has 0 fully saturated rings. The van der Waals surface area contributed by atoms with Gasteiger partial charge in [0.15, 0.2) is 5.95 Å². The number of aryl methyl sites for hydroxylation is 1. The van der Waals surface area contributed by atoms with Crippen LogP contribution in [0.25, 0.3) is 21.8 Å². The number of fused-ring (bicyclic) bond motifs is 3. The van der Waals surface area contributed by atoms with Crippen LogP contribution in [0.4, 0.5) is 5.95 Å². The van der Waals surface area contributed by atoms with Gasteiger partial charge >= 0.3 is 0 Å². The monoisotopic (exact) mass is 197 g/mol. The summed E-state index contributed by atoms with van der Waals surface area (Å²) in [5.41, 5.74) is 8.84. The molecule has 0 bridgehead atoms. The Bertz CT molecular complexity index is 652. The number of anilines is 1. The number of imidazole rings is 1. The van der Waals surface area contributed by atoms with E-state index in [1.54, 1.807) is 0 Å². The van der Waals surface area contributed by atoms with Crippen LogP contribution in [0, 0.1) is 6.92 Å². The molecule has 0 saturated carbocycles. The van der Waals surface area contributed by atoms with E-state index in [4.69, 9.17) is 5.73 Å². The third-order valence-electron chi connectivity index (χ3n) is 2.64. The van der Waals surface area contributed by atoms with E-state index >= 15 is 0 Å². The Hall–Kier alpha value is -2.03. The van der Waals surface area contributed by atoms with Crippen LogP contribution in [0.5, 0.6) is 0 Å². The second-order valence-electron chi connectivity index (χ2n) is 3.81. The molecule has 0 aliphatic carbocycles. The van der Waals surface area contributed by atoms with Gasteiger partial charge in [-0.25, -0.2) is 4.98 Å². The molecule has 0 spiro atoms. The molecule has 15 heavy (non-hydrogen) atoms. The van der Waals surface area contributed by atoms with E-state index in [0.717, 1.165) is 16.4 Å². The number of nitrogens with one attached hydrogen (secondary N) is 1. The van der Waals surface area contributed by atoms with Gasteiger partial charge < -0.3 is 10.7 Å². The third-order valence-corrected chi connectivity index (χ3v) is 2.64. The summed E-state index contributed by atoms with van der Waals surface area (Å²) in [6.45, 7) is 2.09. The minimum atomic E-state index is 0.470. The highest BCUT2D eigenvalue weighted by atomic mass is 15.0. The molecular formula is C12H11N3. The SMILES string of the molecule is Cc1ccc2c(ccc3[nH]c(N)nc32)c1. The lowest BCUT2D eigenvalue weighted by molar-refractivity contribution is 1.36. The molecule has 0 amide bonds. The molecule has 0 saturated heterocycles. The molecule has 0 atom stereocenters. The van der Waals surface area contributed by atoms with Crippen LogP contribution < -0.4 is 5.73 Å². The number of hydrogen-bond acceptors (Lipinski definition) is 2. The zero-order chi connectivity index (χ0) is 10.4. The first-order valence-corrected chi connectivity index (χ1v) is 4.88. The van der Waals surface area contributed by atoms with E-state index in [2.05, 4.69) is 41.2 Å². The Morgan fingerprint density at radius 1 is 1.20 bits per heavy atom. The van der Waals surface area contributed by atoms with E-state index in [-0.39, 0.29) is 0 Å². The number of rotatable bonds is 0. The Labute approximate surface area is 86.9 Å². The van der Waals surface area contributed by atoms with Crippen molar-refractivity contribution < 1.29 is 0 Å². The van der Waals surface area contributed by atoms with Crippen LogP contribution in [0.3, 0.4) is 0 Å². The smallest absolute Gasteiger partial charge is 0.198 e. The quantitative estimate of drug-likeness (QED) is 0.582. The van der Waals surface area contributed by atoms with Gasteiger partial charge in [-0.1, -0.05) is 29.8 Å². The molecule has 2 aromatic carbocycles. The summed E-state index contributed by atoms with van der Waals surface area (Å²) in [7, 11) is 0. The van der Waals surface area contributed by atoms with Crippen molar-refractivity contribution in [1.29, 1.82) is 0 Å². The Balaban J connectivity index is 2.53. The van der Waals surface area contributed by atoms with Crippen molar-refractivity contribution >= 4 is 27.8 Å². The lowest BCUT2D eigenvalue weighted by Gasteiger charge is -1.99. The van der Waals surface area contributed by atoms with Crippen molar-refractivity contribution in [3.63, 3.8) is 0 Å². The van der Waals surface area contributed by atoms with Crippen LogP contribution in [-0.4, -0.2) is 9.97 Å². The first-order valence-electron chi connectivity index (χ1n) is 4.88. The Morgan fingerprint density at radius 3 is 2.93 bits per heavy atom. The fourth-order valence-corrected chi connectivity index (χ4v) is 1.94. The normalized spacial score (nSPS) is 11.3. The van der Waals surface area contributed by atoms with Crippen LogP contribution in [0.15, 0.2) is 30.3 Å². The van der Waals surface area contributed by atoms with E-state index in [0.29, 0.717) is 5.95 Å².